The van der Waals surface area contributed by atoms with Crippen molar-refractivity contribution in [2.45, 2.75) is 38.3 Å². The molecule has 1 aromatic rings. The van der Waals surface area contributed by atoms with Crippen molar-refractivity contribution in [3.8, 4) is 12.3 Å². The molecule has 5 rings (SSSR count). The Hall–Kier alpha value is -2.89. The Balaban J connectivity index is 1.15. The maximum absolute atomic E-state index is 12.9. The van der Waals surface area contributed by atoms with Gasteiger partial charge in [0.1, 0.15) is 6.04 Å². The van der Waals surface area contributed by atoms with Crippen molar-refractivity contribution >= 4 is 23.4 Å². The molecule has 3 amide bonds. The summed E-state index contributed by atoms with van der Waals surface area (Å²) in [5.41, 5.74) is 2.77. The number of imide groups is 1. The maximum Gasteiger partial charge on any atom is 0.255 e. The van der Waals surface area contributed by atoms with E-state index in [1.165, 1.54) is 12.8 Å². The molecule has 0 aromatic heterocycles. The van der Waals surface area contributed by atoms with E-state index in [-0.39, 0.29) is 24.1 Å². The Morgan fingerprint density at radius 2 is 1.74 bits per heavy atom. The van der Waals surface area contributed by atoms with E-state index in [0.717, 1.165) is 69.5 Å². The summed E-state index contributed by atoms with van der Waals surface area (Å²) in [7, 11) is 0. The molecule has 34 heavy (non-hydrogen) atoms. The summed E-state index contributed by atoms with van der Waals surface area (Å²) < 4.78 is 0. The SMILES string of the molecule is C#CCN1CCC(CN2CCN(c3ccc4c(c3)CN(C3CCC(=O)NC3=O)C4=O)CC2)CC1. The van der Waals surface area contributed by atoms with Gasteiger partial charge in [-0.2, -0.15) is 0 Å². The van der Waals surface area contributed by atoms with E-state index in [4.69, 9.17) is 6.42 Å². The molecule has 8 heteroatoms. The van der Waals surface area contributed by atoms with Crippen LogP contribution in [-0.4, -0.2) is 90.8 Å². The van der Waals surface area contributed by atoms with Crippen molar-refractivity contribution in [1.29, 1.82) is 0 Å². The standard InChI is InChI=1S/C26H33N5O3/c1-2-9-28-10-7-19(8-11-28)17-29-12-14-30(15-13-29)21-3-4-22-20(16-21)18-31(26(22)34)23-5-6-24(32)27-25(23)33/h1,3-4,16,19,23H,5-15,17-18H2,(H,27,32,33). The summed E-state index contributed by atoms with van der Waals surface area (Å²) in [6.07, 6.45) is 8.56. The second-order valence-corrected chi connectivity index (χ2v) is 9.95. The number of fused-ring (bicyclic) bond motifs is 1. The molecule has 0 spiro atoms. The van der Waals surface area contributed by atoms with E-state index in [1.54, 1.807) is 4.90 Å². The lowest BCUT2D eigenvalue weighted by molar-refractivity contribution is -0.136. The number of carbonyl (C=O) groups is 3. The third kappa shape index (κ3) is 4.68. The lowest BCUT2D eigenvalue weighted by Gasteiger charge is -2.39. The number of piperazine rings is 1. The highest BCUT2D eigenvalue weighted by Gasteiger charge is 2.39. The molecule has 0 radical (unpaired) electrons. The first kappa shape index (κ1) is 22.9. The predicted octanol–water partition coefficient (Wildman–Crippen LogP) is 0.915. The topological polar surface area (TPSA) is 76.2 Å². The molecule has 1 atom stereocenters. The van der Waals surface area contributed by atoms with E-state index in [1.807, 2.05) is 12.1 Å². The molecular weight excluding hydrogens is 430 g/mol. The zero-order valence-electron chi connectivity index (χ0n) is 19.7. The van der Waals surface area contributed by atoms with Crippen molar-refractivity contribution in [2.24, 2.45) is 5.92 Å². The van der Waals surface area contributed by atoms with Gasteiger partial charge in [0.25, 0.3) is 5.91 Å². The van der Waals surface area contributed by atoms with Crippen molar-refractivity contribution in [1.82, 2.24) is 20.0 Å². The second kappa shape index (κ2) is 9.77. The summed E-state index contributed by atoms with van der Waals surface area (Å²) in [5, 5.41) is 2.36. The van der Waals surface area contributed by atoms with Crippen LogP contribution in [0.25, 0.3) is 0 Å². The molecule has 4 aliphatic heterocycles. The minimum atomic E-state index is -0.567. The van der Waals surface area contributed by atoms with Crippen molar-refractivity contribution in [3.63, 3.8) is 0 Å². The third-order valence-electron chi connectivity index (χ3n) is 7.78. The van der Waals surface area contributed by atoms with E-state index < -0.39 is 6.04 Å². The van der Waals surface area contributed by atoms with Gasteiger partial charge in [-0.25, -0.2) is 0 Å². The Kier molecular flexibility index (Phi) is 6.57. The van der Waals surface area contributed by atoms with Gasteiger partial charge in [-0.15, -0.1) is 6.42 Å². The number of nitrogens with zero attached hydrogens (tertiary/aromatic N) is 4. The number of likely N-dealkylation sites (tertiary alicyclic amines) is 1. The van der Waals surface area contributed by atoms with E-state index >= 15 is 0 Å². The second-order valence-electron chi connectivity index (χ2n) is 9.95. The van der Waals surface area contributed by atoms with E-state index in [2.05, 4.69) is 32.0 Å². The van der Waals surface area contributed by atoms with Crippen LogP contribution in [0.1, 0.15) is 41.6 Å². The van der Waals surface area contributed by atoms with Gasteiger partial charge in [0.05, 0.1) is 6.54 Å². The van der Waals surface area contributed by atoms with Crippen LogP contribution in [0.15, 0.2) is 18.2 Å². The van der Waals surface area contributed by atoms with Gasteiger partial charge in [-0.1, -0.05) is 5.92 Å². The number of hydrogen-bond donors (Lipinski definition) is 1. The summed E-state index contributed by atoms with van der Waals surface area (Å²) in [4.78, 5) is 45.6. The highest BCUT2D eigenvalue weighted by atomic mass is 16.2. The summed E-state index contributed by atoms with van der Waals surface area (Å²) >= 11 is 0. The number of piperidine rings is 2. The first-order chi connectivity index (χ1) is 16.5. The molecule has 1 aromatic carbocycles. The van der Waals surface area contributed by atoms with Gasteiger partial charge in [-0.3, -0.25) is 29.5 Å². The largest absolute Gasteiger partial charge is 0.369 e. The van der Waals surface area contributed by atoms with Crippen LogP contribution in [0.2, 0.25) is 0 Å². The van der Waals surface area contributed by atoms with Gasteiger partial charge < -0.3 is 9.80 Å². The van der Waals surface area contributed by atoms with Crippen LogP contribution in [0.4, 0.5) is 5.69 Å². The molecule has 8 nitrogen and oxygen atoms in total. The first-order valence-corrected chi connectivity index (χ1v) is 12.4. The highest BCUT2D eigenvalue weighted by Crippen LogP contribution is 2.31. The Morgan fingerprint density at radius 3 is 2.44 bits per heavy atom. The Morgan fingerprint density at radius 1 is 0.971 bits per heavy atom. The van der Waals surface area contributed by atoms with Crippen LogP contribution in [0, 0.1) is 18.3 Å². The van der Waals surface area contributed by atoms with Crippen LogP contribution >= 0.6 is 0 Å². The molecular formula is C26H33N5O3. The number of rotatable bonds is 5. The Bertz CT molecular complexity index is 1000. The number of terminal acetylenes is 1. The fraction of sp³-hybridized carbons (Fsp3) is 0.577. The lowest BCUT2D eigenvalue weighted by atomic mass is 9.96. The quantitative estimate of drug-likeness (QED) is 0.517. The minimum Gasteiger partial charge on any atom is -0.369 e. The number of amides is 3. The first-order valence-electron chi connectivity index (χ1n) is 12.4. The predicted molar refractivity (Wildman–Crippen MR) is 129 cm³/mol. The summed E-state index contributed by atoms with van der Waals surface area (Å²) in [6.45, 7) is 8.61. The monoisotopic (exact) mass is 463 g/mol. The molecule has 180 valence electrons. The number of hydrogen-bond acceptors (Lipinski definition) is 6. The summed E-state index contributed by atoms with van der Waals surface area (Å²) in [5.74, 6) is 2.76. The zero-order valence-corrected chi connectivity index (χ0v) is 19.7. The van der Waals surface area contributed by atoms with E-state index in [9.17, 15) is 14.4 Å². The molecule has 1 N–H and O–H groups in total. The molecule has 1 unspecified atom stereocenters. The molecule has 4 heterocycles. The van der Waals surface area contributed by atoms with Crippen LogP contribution in [0.5, 0.6) is 0 Å². The minimum absolute atomic E-state index is 0.117. The highest BCUT2D eigenvalue weighted by molar-refractivity contribution is 6.05. The average Bonchev–Trinajstić information content (AvgIpc) is 3.16. The average molecular weight is 464 g/mol. The molecule has 0 bridgehead atoms. The molecule has 0 aliphatic carbocycles. The van der Waals surface area contributed by atoms with Crippen molar-refractivity contribution in [3.05, 3.63) is 29.3 Å². The summed E-state index contributed by atoms with van der Waals surface area (Å²) in [6, 6.07) is 5.47. The fourth-order valence-electron chi connectivity index (χ4n) is 5.77. The fourth-order valence-corrected chi connectivity index (χ4v) is 5.77. The normalized spacial score (nSPS) is 24.8. The van der Waals surface area contributed by atoms with Crippen LogP contribution < -0.4 is 10.2 Å². The number of nitrogens with one attached hydrogen (secondary N) is 1. The molecule has 4 aliphatic rings. The Labute approximate surface area is 201 Å². The zero-order chi connectivity index (χ0) is 23.7. The van der Waals surface area contributed by atoms with Gasteiger partial charge in [0, 0.05) is 56.9 Å². The van der Waals surface area contributed by atoms with Gasteiger partial charge >= 0.3 is 0 Å². The lowest BCUT2D eigenvalue weighted by Crippen LogP contribution is -2.52. The maximum atomic E-state index is 12.9. The van der Waals surface area contributed by atoms with Gasteiger partial charge in [0.2, 0.25) is 11.8 Å². The van der Waals surface area contributed by atoms with Gasteiger partial charge in [-0.05, 0) is 62.0 Å². The smallest absolute Gasteiger partial charge is 0.255 e. The molecule has 3 saturated heterocycles. The number of benzene rings is 1. The van der Waals surface area contributed by atoms with E-state index in [0.29, 0.717) is 18.5 Å². The third-order valence-corrected chi connectivity index (χ3v) is 7.78. The number of carbonyl (C=O) groups excluding carboxylic acids is 3. The molecule has 0 saturated carbocycles. The van der Waals surface area contributed by atoms with Crippen molar-refractivity contribution in [2.75, 3.05) is 57.3 Å². The van der Waals surface area contributed by atoms with Gasteiger partial charge in [0.15, 0.2) is 0 Å². The van der Waals surface area contributed by atoms with Crippen molar-refractivity contribution < 1.29 is 14.4 Å². The number of anilines is 1. The van der Waals surface area contributed by atoms with Crippen LogP contribution in [0.3, 0.4) is 0 Å². The molecule has 3 fully saturated rings. The van der Waals surface area contributed by atoms with Crippen LogP contribution in [-0.2, 0) is 16.1 Å².